The number of allylic oxidation sites excluding steroid dienone is 2. The van der Waals surface area contributed by atoms with E-state index in [1.807, 2.05) is 27.0 Å². The number of aromatic nitrogens is 4. The lowest BCUT2D eigenvalue weighted by molar-refractivity contribution is -0.214. The van der Waals surface area contributed by atoms with Crippen LogP contribution in [0.15, 0.2) is 11.8 Å². The molecule has 0 spiro atoms. The topological polar surface area (TPSA) is 82.1 Å². The van der Waals surface area contributed by atoms with Crippen LogP contribution in [-0.4, -0.2) is 31.8 Å². The molecule has 0 bridgehead atoms. The summed E-state index contributed by atoms with van der Waals surface area (Å²) in [6, 6.07) is 0. The molecule has 5 aliphatic rings. The van der Waals surface area contributed by atoms with Crippen molar-refractivity contribution >= 4 is 11.6 Å². The standard InChI is InChI=1S/C32H45N5O2/c1-27(2)12-14-32(26-34-36-37(9)35-26)15-13-31(7)24(19(32)17-27)21(38)16-23-29(5)18-20(33-8)25(39)28(3,4)22(29)10-11-30(23,31)6/h18-19,22-24H,10-17H2,1-7,9H3/t19-,22-,23+,24-,29-,30+,31+,32-/m0/s1. The van der Waals surface area contributed by atoms with Crippen LogP contribution in [0.3, 0.4) is 0 Å². The van der Waals surface area contributed by atoms with Crippen molar-refractivity contribution in [2.45, 2.75) is 105 Å². The van der Waals surface area contributed by atoms with Gasteiger partial charge in [0.15, 0.2) is 11.6 Å². The second kappa shape index (κ2) is 7.89. The quantitative estimate of drug-likeness (QED) is 0.408. The van der Waals surface area contributed by atoms with E-state index >= 15 is 0 Å². The van der Waals surface area contributed by atoms with Gasteiger partial charge in [-0.15, -0.1) is 10.2 Å². The fourth-order valence-electron chi connectivity index (χ4n) is 11.1. The number of carbonyl (C=O) groups excluding carboxylic acids is 2. The number of fused-ring (bicyclic) bond motifs is 7. The molecule has 6 rings (SSSR count). The molecular weight excluding hydrogens is 486 g/mol. The smallest absolute Gasteiger partial charge is 0.226 e. The highest BCUT2D eigenvalue weighted by Crippen LogP contribution is 2.75. The summed E-state index contributed by atoms with van der Waals surface area (Å²) < 4.78 is 0. The van der Waals surface area contributed by atoms with Crippen LogP contribution in [0.25, 0.3) is 4.85 Å². The predicted octanol–water partition coefficient (Wildman–Crippen LogP) is 6.11. The summed E-state index contributed by atoms with van der Waals surface area (Å²) in [6.07, 6.45) is 9.55. The summed E-state index contributed by atoms with van der Waals surface area (Å²) in [5.74, 6) is 1.58. The summed E-state index contributed by atoms with van der Waals surface area (Å²) in [5.41, 5.74) is -0.961. The molecule has 0 radical (unpaired) electrons. The fourth-order valence-corrected chi connectivity index (χ4v) is 11.1. The predicted molar refractivity (Wildman–Crippen MR) is 148 cm³/mol. The summed E-state index contributed by atoms with van der Waals surface area (Å²) in [7, 11) is 1.83. The number of ketones is 2. The van der Waals surface area contributed by atoms with Gasteiger partial charge in [-0.05, 0) is 89.6 Å². The average molecular weight is 532 g/mol. The van der Waals surface area contributed by atoms with E-state index in [1.54, 1.807) is 4.80 Å². The van der Waals surface area contributed by atoms with Crippen molar-refractivity contribution < 1.29 is 9.59 Å². The number of hydrogen-bond acceptors (Lipinski definition) is 5. The van der Waals surface area contributed by atoms with Crippen molar-refractivity contribution in [2.75, 3.05) is 0 Å². The van der Waals surface area contributed by atoms with Crippen LogP contribution in [0, 0.1) is 57.3 Å². The van der Waals surface area contributed by atoms with Crippen molar-refractivity contribution in [2.24, 2.45) is 57.8 Å². The zero-order valence-electron chi connectivity index (χ0n) is 25.1. The second-order valence-electron chi connectivity index (χ2n) is 15.9. The van der Waals surface area contributed by atoms with E-state index in [2.05, 4.69) is 49.8 Å². The van der Waals surface area contributed by atoms with Gasteiger partial charge in [0.2, 0.25) is 5.70 Å². The maximum Gasteiger partial charge on any atom is 0.226 e. The molecule has 8 atom stereocenters. The van der Waals surface area contributed by atoms with Crippen molar-refractivity contribution in [3.05, 3.63) is 29.0 Å². The normalized spacial score (nSPS) is 46.2. The third kappa shape index (κ3) is 3.24. The summed E-state index contributed by atoms with van der Waals surface area (Å²) in [4.78, 5) is 33.2. The Kier molecular flexibility index (Phi) is 5.43. The van der Waals surface area contributed by atoms with Crippen LogP contribution in [0.1, 0.15) is 106 Å². The third-order valence-electron chi connectivity index (χ3n) is 13.4. The Labute approximate surface area is 233 Å². The molecule has 39 heavy (non-hydrogen) atoms. The highest BCUT2D eigenvalue weighted by molar-refractivity contribution is 6.02. The van der Waals surface area contributed by atoms with Gasteiger partial charge < -0.3 is 4.79 Å². The molecule has 210 valence electrons. The number of carbonyl (C=O) groups is 2. The Hall–Kier alpha value is -2.36. The monoisotopic (exact) mass is 531 g/mol. The molecule has 7 nitrogen and oxygen atoms in total. The molecule has 0 aromatic carbocycles. The maximum atomic E-state index is 14.7. The van der Waals surface area contributed by atoms with E-state index in [0.29, 0.717) is 12.2 Å². The molecular formula is C32H45N5O2. The van der Waals surface area contributed by atoms with Gasteiger partial charge in [0, 0.05) is 23.2 Å². The first-order chi connectivity index (χ1) is 18.1. The minimum absolute atomic E-state index is 0.0295. The van der Waals surface area contributed by atoms with Gasteiger partial charge in [0.25, 0.3) is 0 Å². The molecule has 1 heterocycles. The van der Waals surface area contributed by atoms with Crippen molar-refractivity contribution in [3.63, 3.8) is 0 Å². The molecule has 5 aliphatic carbocycles. The molecule has 1 aromatic heterocycles. The number of aryl methyl sites for hydroxylation is 1. The lowest BCUT2D eigenvalue weighted by atomic mass is 9.31. The van der Waals surface area contributed by atoms with Crippen molar-refractivity contribution in [1.82, 2.24) is 20.2 Å². The number of rotatable bonds is 1. The zero-order chi connectivity index (χ0) is 28.4. The van der Waals surface area contributed by atoms with E-state index in [0.717, 1.165) is 50.8 Å². The zero-order valence-corrected chi connectivity index (χ0v) is 25.1. The van der Waals surface area contributed by atoms with E-state index in [4.69, 9.17) is 11.7 Å². The van der Waals surface area contributed by atoms with E-state index < -0.39 is 5.41 Å². The SMILES string of the molecule is [C-]#[N+]C1=C[C@]2(C)[C@H]3CC(=O)[C@@H]4[C@@H]5CC(C)(C)CC[C@]5(c5nnn(C)n5)CC[C@@]4(C)[C@]3(C)CC[C@H]2C(C)(C)C1=O. The number of tetrazole rings is 1. The van der Waals surface area contributed by atoms with Gasteiger partial charge in [-0.1, -0.05) is 54.5 Å². The Morgan fingerprint density at radius 3 is 2.28 bits per heavy atom. The van der Waals surface area contributed by atoms with Crippen LogP contribution in [0.4, 0.5) is 0 Å². The molecule has 4 fully saturated rings. The van der Waals surface area contributed by atoms with Crippen LogP contribution < -0.4 is 0 Å². The number of Topliss-reactive ketones (excluding diaryl/α,β-unsaturated/α-hetero) is 2. The van der Waals surface area contributed by atoms with Crippen molar-refractivity contribution in [1.29, 1.82) is 0 Å². The second-order valence-corrected chi connectivity index (χ2v) is 15.9. The van der Waals surface area contributed by atoms with Crippen molar-refractivity contribution in [3.8, 4) is 0 Å². The molecule has 0 amide bonds. The van der Waals surface area contributed by atoms with E-state index in [1.165, 1.54) is 0 Å². The van der Waals surface area contributed by atoms with Crippen LogP contribution in [0.5, 0.6) is 0 Å². The van der Waals surface area contributed by atoms with Gasteiger partial charge in [-0.3, -0.25) is 4.79 Å². The van der Waals surface area contributed by atoms with Gasteiger partial charge >= 0.3 is 0 Å². The molecule has 0 saturated heterocycles. The van der Waals surface area contributed by atoms with Gasteiger partial charge in [-0.25, -0.2) is 4.85 Å². The summed E-state index contributed by atoms with van der Waals surface area (Å²) in [5, 5.41) is 13.6. The van der Waals surface area contributed by atoms with Crippen LogP contribution in [-0.2, 0) is 22.1 Å². The maximum absolute atomic E-state index is 14.7. The van der Waals surface area contributed by atoms with Gasteiger partial charge in [0.1, 0.15) is 5.78 Å². The first-order valence-corrected chi connectivity index (χ1v) is 15.0. The highest BCUT2D eigenvalue weighted by atomic mass is 16.1. The Morgan fingerprint density at radius 2 is 1.64 bits per heavy atom. The van der Waals surface area contributed by atoms with Crippen LogP contribution in [0.2, 0.25) is 0 Å². The first kappa shape index (κ1) is 26.8. The number of hydrogen-bond donors (Lipinski definition) is 0. The lowest BCUT2D eigenvalue weighted by Gasteiger charge is -2.71. The molecule has 0 aliphatic heterocycles. The largest absolute Gasteiger partial charge is 0.307 e. The molecule has 1 aromatic rings. The van der Waals surface area contributed by atoms with Gasteiger partial charge in [0.05, 0.1) is 13.6 Å². The Bertz CT molecular complexity index is 1330. The number of nitrogens with zero attached hydrogens (tertiary/aromatic N) is 5. The van der Waals surface area contributed by atoms with E-state index in [9.17, 15) is 9.59 Å². The molecule has 7 heteroatoms. The molecule has 0 N–H and O–H groups in total. The fraction of sp³-hybridized carbons (Fsp3) is 0.812. The molecule has 0 unspecified atom stereocenters. The Balaban J connectivity index is 1.49. The van der Waals surface area contributed by atoms with E-state index in [-0.39, 0.29) is 62.2 Å². The third-order valence-corrected chi connectivity index (χ3v) is 13.4. The highest BCUT2D eigenvalue weighted by Gasteiger charge is 2.72. The van der Waals surface area contributed by atoms with Crippen LogP contribution >= 0.6 is 0 Å². The lowest BCUT2D eigenvalue weighted by Crippen LogP contribution is -2.69. The Morgan fingerprint density at radius 1 is 0.949 bits per heavy atom. The summed E-state index contributed by atoms with van der Waals surface area (Å²) in [6.45, 7) is 23.7. The minimum atomic E-state index is -0.599. The molecule has 4 saturated carbocycles. The summed E-state index contributed by atoms with van der Waals surface area (Å²) >= 11 is 0. The van der Waals surface area contributed by atoms with Gasteiger partial charge in [-0.2, -0.15) is 4.80 Å². The first-order valence-electron chi connectivity index (χ1n) is 15.0. The minimum Gasteiger partial charge on any atom is -0.307 e. The average Bonchev–Trinajstić information content (AvgIpc) is 3.29.